The number of carbonyl (C=O) groups excluding carboxylic acids is 2. The molecular formula is C17H25Cl2NO5S. The number of nitrogens with zero attached hydrogens (tertiary/aromatic N) is 1. The minimum atomic E-state index is -3.11. The fraction of sp³-hybridized carbons (Fsp3) is 0.882. The molecule has 0 aromatic carbocycles. The molecule has 6 nitrogen and oxygen atoms in total. The number of esters is 1. The zero-order valence-corrected chi connectivity index (χ0v) is 17.2. The third kappa shape index (κ3) is 3.99. The Bertz CT molecular complexity index is 689. The third-order valence-electron chi connectivity index (χ3n) is 5.89. The van der Waals surface area contributed by atoms with Gasteiger partial charge in [-0.25, -0.2) is 8.42 Å². The highest BCUT2D eigenvalue weighted by Crippen LogP contribution is 2.64. The van der Waals surface area contributed by atoms with Gasteiger partial charge >= 0.3 is 5.97 Å². The lowest BCUT2D eigenvalue weighted by molar-refractivity contribution is -0.158. The quantitative estimate of drug-likeness (QED) is 0.499. The van der Waals surface area contributed by atoms with Gasteiger partial charge in [0.05, 0.1) is 11.5 Å². The van der Waals surface area contributed by atoms with E-state index in [1.54, 1.807) is 11.8 Å². The molecule has 2 saturated carbocycles. The van der Waals surface area contributed by atoms with Crippen molar-refractivity contribution in [3.63, 3.8) is 0 Å². The maximum absolute atomic E-state index is 12.8. The van der Waals surface area contributed by atoms with E-state index in [-0.39, 0.29) is 29.5 Å². The molecule has 3 fully saturated rings. The van der Waals surface area contributed by atoms with Gasteiger partial charge in [0.1, 0.15) is 9.75 Å². The normalized spacial score (nSPS) is 32.8. The minimum absolute atomic E-state index is 0.00657. The first-order valence-electron chi connectivity index (χ1n) is 9.12. The first-order chi connectivity index (χ1) is 12.1. The second kappa shape index (κ2) is 7.13. The summed E-state index contributed by atoms with van der Waals surface area (Å²) in [6.07, 6.45) is 5.63. The number of hydrogen-bond donors (Lipinski definition) is 0. The number of alkyl halides is 2. The predicted molar refractivity (Wildman–Crippen MR) is 98.9 cm³/mol. The van der Waals surface area contributed by atoms with Crippen molar-refractivity contribution in [3.8, 4) is 0 Å². The van der Waals surface area contributed by atoms with Crippen LogP contribution < -0.4 is 0 Å². The number of hydrogen-bond acceptors (Lipinski definition) is 5. The van der Waals surface area contributed by atoms with Gasteiger partial charge in [0, 0.05) is 18.5 Å². The molecule has 0 aromatic rings. The van der Waals surface area contributed by atoms with Gasteiger partial charge in [-0.3, -0.25) is 9.59 Å². The molecule has 2 unspecified atom stereocenters. The first-order valence-corrected chi connectivity index (χ1v) is 11.7. The second-order valence-electron chi connectivity index (χ2n) is 7.94. The highest BCUT2D eigenvalue weighted by Gasteiger charge is 2.69. The Morgan fingerprint density at radius 2 is 1.73 bits per heavy atom. The smallest absolute Gasteiger partial charge is 0.315 e. The molecule has 1 amide bonds. The van der Waals surface area contributed by atoms with Crippen molar-refractivity contribution < 1.29 is 22.7 Å². The summed E-state index contributed by atoms with van der Waals surface area (Å²) < 4.78 is 27.8. The van der Waals surface area contributed by atoms with E-state index < -0.39 is 32.2 Å². The molecule has 0 aromatic heterocycles. The van der Waals surface area contributed by atoms with Crippen LogP contribution in [0.2, 0.25) is 0 Å². The Hall–Kier alpha value is -0.530. The standard InChI is InChI=1S/C17H25Cl2NO5S/c1-16(11-17(16,18)19)15(22)25-9-14(21)20(12-5-3-2-4-6-12)13-7-8-26(23,24)10-13/h12-13H,2-11H2,1H3. The van der Waals surface area contributed by atoms with Gasteiger partial charge in [-0.15, -0.1) is 23.2 Å². The van der Waals surface area contributed by atoms with Crippen LogP contribution in [-0.4, -0.2) is 59.7 Å². The molecule has 2 aliphatic carbocycles. The SMILES string of the molecule is CC1(C(=O)OCC(=O)N(C2CCCCC2)C2CCS(=O)(=O)C2)CC1(Cl)Cl. The highest BCUT2D eigenvalue weighted by atomic mass is 35.5. The van der Waals surface area contributed by atoms with Crippen molar-refractivity contribution in [1.82, 2.24) is 4.90 Å². The molecule has 9 heteroatoms. The van der Waals surface area contributed by atoms with E-state index in [9.17, 15) is 18.0 Å². The zero-order valence-electron chi connectivity index (χ0n) is 14.9. The topological polar surface area (TPSA) is 80.8 Å². The summed E-state index contributed by atoms with van der Waals surface area (Å²) in [5, 5.41) is 0. The summed E-state index contributed by atoms with van der Waals surface area (Å²) in [6.45, 7) is 1.22. The lowest BCUT2D eigenvalue weighted by Crippen LogP contribution is -2.50. The maximum atomic E-state index is 12.8. The molecule has 2 atom stereocenters. The van der Waals surface area contributed by atoms with Crippen molar-refractivity contribution in [1.29, 1.82) is 0 Å². The van der Waals surface area contributed by atoms with Crippen LogP contribution in [0.4, 0.5) is 0 Å². The Morgan fingerprint density at radius 3 is 2.23 bits per heavy atom. The molecule has 0 N–H and O–H groups in total. The summed E-state index contributed by atoms with van der Waals surface area (Å²) in [4.78, 5) is 26.7. The zero-order chi connectivity index (χ0) is 19.2. The van der Waals surface area contributed by atoms with Gasteiger partial charge in [-0.1, -0.05) is 19.3 Å². The van der Waals surface area contributed by atoms with Crippen molar-refractivity contribution >= 4 is 44.9 Å². The number of ether oxygens (including phenoxy) is 1. The van der Waals surface area contributed by atoms with Crippen LogP contribution in [0, 0.1) is 5.41 Å². The molecule has 0 spiro atoms. The van der Waals surface area contributed by atoms with Crippen LogP contribution in [0.1, 0.15) is 51.9 Å². The molecule has 148 valence electrons. The van der Waals surface area contributed by atoms with Gasteiger partial charge in [0.2, 0.25) is 0 Å². The molecule has 3 aliphatic rings. The lowest BCUT2D eigenvalue weighted by Gasteiger charge is -2.38. The van der Waals surface area contributed by atoms with E-state index in [4.69, 9.17) is 27.9 Å². The van der Waals surface area contributed by atoms with Gasteiger partial charge in [0.15, 0.2) is 16.4 Å². The number of sulfone groups is 1. The third-order valence-corrected chi connectivity index (χ3v) is 8.74. The molecular weight excluding hydrogens is 401 g/mol. The Kier molecular flexibility index (Phi) is 5.54. The average Bonchev–Trinajstić information content (AvgIpc) is 2.90. The number of carbonyl (C=O) groups is 2. The Balaban J connectivity index is 1.66. The minimum Gasteiger partial charge on any atom is -0.455 e. The maximum Gasteiger partial charge on any atom is 0.315 e. The second-order valence-corrected chi connectivity index (χ2v) is 11.7. The van der Waals surface area contributed by atoms with Crippen molar-refractivity contribution in [2.75, 3.05) is 18.1 Å². The van der Waals surface area contributed by atoms with E-state index in [0.717, 1.165) is 32.1 Å². The van der Waals surface area contributed by atoms with Crippen molar-refractivity contribution in [2.45, 2.75) is 68.3 Å². The van der Waals surface area contributed by atoms with E-state index >= 15 is 0 Å². The van der Waals surface area contributed by atoms with E-state index in [1.807, 2.05) is 0 Å². The van der Waals surface area contributed by atoms with Gasteiger partial charge in [-0.05, 0) is 26.2 Å². The lowest BCUT2D eigenvalue weighted by atomic mass is 9.93. The number of amides is 1. The fourth-order valence-corrected chi connectivity index (χ4v) is 6.44. The van der Waals surface area contributed by atoms with Crippen LogP contribution >= 0.6 is 23.2 Å². The van der Waals surface area contributed by atoms with Crippen LogP contribution in [-0.2, 0) is 24.2 Å². The molecule has 1 saturated heterocycles. The molecule has 3 rings (SSSR count). The largest absolute Gasteiger partial charge is 0.455 e. The fourth-order valence-electron chi connectivity index (χ4n) is 4.04. The van der Waals surface area contributed by atoms with Crippen LogP contribution in [0.25, 0.3) is 0 Å². The van der Waals surface area contributed by atoms with E-state index in [2.05, 4.69) is 0 Å². The molecule has 1 heterocycles. The monoisotopic (exact) mass is 425 g/mol. The molecule has 26 heavy (non-hydrogen) atoms. The van der Waals surface area contributed by atoms with Gasteiger partial charge in [0.25, 0.3) is 5.91 Å². The first kappa shape index (κ1) is 20.2. The van der Waals surface area contributed by atoms with Crippen LogP contribution in [0.3, 0.4) is 0 Å². The molecule has 1 aliphatic heterocycles. The Labute approximate surface area is 164 Å². The summed E-state index contributed by atoms with van der Waals surface area (Å²) in [5.74, 6) is -0.815. The van der Waals surface area contributed by atoms with Crippen molar-refractivity contribution in [3.05, 3.63) is 0 Å². The van der Waals surface area contributed by atoms with E-state index in [1.165, 1.54) is 0 Å². The summed E-state index contributed by atoms with van der Waals surface area (Å²) in [7, 11) is -3.11. The number of rotatable bonds is 5. The summed E-state index contributed by atoms with van der Waals surface area (Å²) in [6, 6.07) is -0.309. The van der Waals surface area contributed by atoms with E-state index in [0.29, 0.717) is 12.8 Å². The van der Waals surface area contributed by atoms with Crippen molar-refractivity contribution in [2.24, 2.45) is 5.41 Å². The number of halogens is 2. The molecule has 0 radical (unpaired) electrons. The van der Waals surface area contributed by atoms with Gasteiger partial charge in [-0.2, -0.15) is 0 Å². The summed E-state index contributed by atoms with van der Waals surface area (Å²) in [5.41, 5.74) is -0.983. The van der Waals surface area contributed by atoms with Gasteiger partial charge < -0.3 is 9.64 Å². The summed E-state index contributed by atoms with van der Waals surface area (Å²) >= 11 is 12.0. The average molecular weight is 426 g/mol. The van der Waals surface area contributed by atoms with Crippen LogP contribution in [0.15, 0.2) is 0 Å². The predicted octanol–water partition coefficient (Wildman–Crippen LogP) is 2.46. The Morgan fingerprint density at radius 1 is 1.12 bits per heavy atom. The highest BCUT2D eigenvalue weighted by molar-refractivity contribution is 7.91. The molecule has 0 bridgehead atoms. The van der Waals surface area contributed by atoms with Crippen LogP contribution in [0.5, 0.6) is 0 Å².